The third kappa shape index (κ3) is 4.99. The van der Waals surface area contributed by atoms with Crippen LogP contribution in [0.2, 0.25) is 5.02 Å². The quantitative estimate of drug-likeness (QED) is 0.549. The van der Waals surface area contributed by atoms with Crippen molar-refractivity contribution in [3.8, 4) is 5.75 Å². The zero-order valence-electron chi connectivity index (χ0n) is 18.3. The van der Waals surface area contributed by atoms with Crippen LogP contribution in [0.5, 0.6) is 5.75 Å². The van der Waals surface area contributed by atoms with Gasteiger partial charge in [0.15, 0.2) is 0 Å². The van der Waals surface area contributed by atoms with Crippen molar-refractivity contribution >= 4 is 28.2 Å². The molecule has 0 unspecified atom stereocenters. The lowest BCUT2D eigenvalue weighted by Gasteiger charge is -2.49. The fraction of sp³-hybridized carbons (Fsp3) is 0.435. The Morgan fingerprint density at radius 2 is 1.80 bits per heavy atom. The molecule has 0 spiro atoms. The van der Waals surface area contributed by atoms with Crippen LogP contribution < -0.4 is 16.8 Å². The standard InChI is InChI=1S/C23H32ClN5O/c1-22(2)11-16(12-23(3,4)28-22)29(5)21(26)7-6-18(25)17-9-14-8-15(24)13-27-19(14)10-20(17)30/h6-10,13,16,28,30H,11-12,25-26H2,1-5H3/b18-6-,21-7+. The van der Waals surface area contributed by atoms with Gasteiger partial charge in [0.1, 0.15) is 5.75 Å². The number of nitrogens with zero attached hydrogens (tertiary/aromatic N) is 2. The number of hydrogen-bond donors (Lipinski definition) is 4. The number of rotatable bonds is 4. The Kier molecular flexibility index (Phi) is 5.94. The first kappa shape index (κ1) is 22.2. The second kappa shape index (κ2) is 8.00. The molecule has 3 rings (SSSR count). The lowest BCUT2D eigenvalue weighted by molar-refractivity contribution is 0.0981. The maximum Gasteiger partial charge on any atom is 0.127 e. The van der Waals surface area contributed by atoms with Gasteiger partial charge in [-0.25, -0.2) is 0 Å². The topological polar surface area (TPSA) is 100 Å². The number of phenolic OH excluding ortho intramolecular Hbond substituents is 1. The summed E-state index contributed by atoms with van der Waals surface area (Å²) in [5, 5.41) is 15.4. The minimum Gasteiger partial charge on any atom is -0.507 e. The van der Waals surface area contributed by atoms with Gasteiger partial charge in [-0.2, -0.15) is 0 Å². The van der Waals surface area contributed by atoms with Crippen LogP contribution in [0.3, 0.4) is 0 Å². The van der Waals surface area contributed by atoms with E-state index < -0.39 is 0 Å². The van der Waals surface area contributed by atoms with E-state index in [1.54, 1.807) is 36.5 Å². The smallest absolute Gasteiger partial charge is 0.127 e. The maximum atomic E-state index is 10.4. The number of allylic oxidation sites excluding steroid dienone is 2. The van der Waals surface area contributed by atoms with E-state index in [9.17, 15) is 5.11 Å². The molecule has 0 bridgehead atoms. The second-order valence-corrected chi connectivity index (χ2v) is 9.93. The van der Waals surface area contributed by atoms with Crippen molar-refractivity contribution in [1.29, 1.82) is 0 Å². The van der Waals surface area contributed by atoms with Gasteiger partial charge in [-0.15, -0.1) is 0 Å². The summed E-state index contributed by atoms with van der Waals surface area (Å²) in [6.07, 6.45) is 7.03. The van der Waals surface area contributed by atoms with Crippen LogP contribution in [-0.2, 0) is 0 Å². The summed E-state index contributed by atoms with van der Waals surface area (Å²) in [6, 6.07) is 5.46. The maximum absolute atomic E-state index is 10.4. The zero-order valence-corrected chi connectivity index (χ0v) is 19.1. The Labute approximate surface area is 183 Å². The van der Waals surface area contributed by atoms with Gasteiger partial charge in [0.05, 0.1) is 16.4 Å². The van der Waals surface area contributed by atoms with Crippen LogP contribution >= 0.6 is 11.6 Å². The number of nitrogens with two attached hydrogens (primary N) is 2. The van der Waals surface area contributed by atoms with Gasteiger partial charge in [-0.05, 0) is 64.8 Å². The van der Waals surface area contributed by atoms with E-state index in [0.717, 1.165) is 18.2 Å². The third-order valence-electron chi connectivity index (χ3n) is 5.63. The predicted octanol–water partition coefficient (Wildman–Crippen LogP) is 3.93. The number of aromatic nitrogens is 1. The molecular formula is C23H32ClN5O. The number of pyridine rings is 1. The van der Waals surface area contributed by atoms with Crippen molar-refractivity contribution in [2.24, 2.45) is 11.5 Å². The van der Waals surface area contributed by atoms with E-state index in [-0.39, 0.29) is 16.8 Å². The van der Waals surface area contributed by atoms with Gasteiger partial charge in [0, 0.05) is 53.1 Å². The van der Waals surface area contributed by atoms with E-state index >= 15 is 0 Å². The Morgan fingerprint density at radius 1 is 1.17 bits per heavy atom. The molecule has 1 aromatic heterocycles. The van der Waals surface area contributed by atoms with Gasteiger partial charge < -0.3 is 26.8 Å². The summed E-state index contributed by atoms with van der Waals surface area (Å²) in [7, 11) is 2.01. The molecule has 6 nitrogen and oxygen atoms in total. The van der Waals surface area contributed by atoms with Crippen LogP contribution in [0.1, 0.15) is 46.1 Å². The molecule has 30 heavy (non-hydrogen) atoms. The molecule has 7 heteroatoms. The minimum atomic E-state index is 0.0298. The monoisotopic (exact) mass is 429 g/mol. The summed E-state index contributed by atoms with van der Waals surface area (Å²) in [4.78, 5) is 6.33. The van der Waals surface area contributed by atoms with Crippen LogP contribution in [0.15, 0.2) is 42.4 Å². The first-order valence-corrected chi connectivity index (χ1v) is 10.5. The normalized spacial score (nSPS) is 19.8. The molecule has 0 amide bonds. The van der Waals surface area contributed by atoms with Crippen molar-refractivity contribution < 1.29 is 5.11 Å². The SMILES string of the molecule is CN(/C(N)=C/C=C(\N)c1cc2cc(Cl)cnc2cc1O)C1CC(C)(C)NC(C)(C)C1. The molecule has 162 valence electrons. The van der Waals surface area contributed by atoms with Crippen molar-refractivity contribution in [2.75, 3.05) is 7.05 Å². The first-order chi connectivity index (χ1) is 13.9. The first-order valence-electron chi connectivity index (χ1n) is 10.1. The lowest BCUT2D eigenvalue weighted by atomic mass is 9.79. The Hall–Kier alpha value is -2.44. The Morgan fingerprint density at radius 3 is 2.43 bits per heavy atom. The highest BCUT2D eigenvalue weighted by Crippen LogP contribution is 2.32. The minimum absolute atomic E-state index is 0.0298. The number of aromatic hydroxyl groups is 1. The summed E-state index contributed by atoms with van der Waals surface area (Å²) < 4.78 is 0. The van der Waals surface area contributed by atoms with Crippen LogP contribution in [-0.4, -0.2) is 39.2 Å². The van der Waals surface area contributed by atoms with Gasteiger partial charge in [0.25, 0.3) is 0 Å². The molecule has 6 N–H and O–H groups in total. The number of halogens is 1. The second-order valence-electron chi connectivity index (χ2n) is 9.49. The Bertz CT molecular complexity index is 996. The van der Waals surface area contributed by atoms with Gasteiger partial charge in [-0.3, -0.25) is 4.98 Å². The fourth-order valence-corrected chi connectivity index (χ4v) is 4.67. The summed E-state index contributed by atoms with van der Waals surface area (Å²) in [6.45, 7) is 8.87. The van der Waals surface area contributed by atoms with E-state index in [1.165, 1.54) is 0 Å². The Balaban J connectivity index is 1.84. The highest BCUT2D eigenvalue weighted by atomic mass is 35.5. The predicted molar refractivity (Wildman–Crippen MR) is 125 cm³/mol. The summed E-state index contributed by atoms with van der Waals surface area (Å²) in [5.41, 5.74) is 14.3. The summed E-state index contributed by atoms with van der Waals surface area (Å²) in [5.74, 6) is 0.690. The average Bonchev–Trinajstić information content (AvgIpc) is 2.62. The molecule has 0 aliphatic carbocycles. The van der Waals surface area contributed by atoms with Crippen LogP contribution in [0.25, 0.3) is 16.6 Å². The molecule has 1 aromatic carbocycles. The van der Waals surface area contributed by atoms with Gasteiger partial charge in [0.2, 0.25) is 0 Å². The largest absolute Gasteiger partial charge is 0.507 e. The van der Waals surface area contributed by atoms with Gasteiger partial charge in [-0.1, -0.05) is 11.6 Å². The molecular weight excluding hydrogens is 398 g/mol. The molecule has 0 atom stereocenters. The van der Waals surface area contributed by atoms with Crippen molar-refractivity contribution in [3.05, 3.63) is 53.0 Å². The highest BCUT2D eigenvalue weighted by molar-refractivity contribution is 6.31. The number of benzene rings is 1. The van der Waals surface area contributed by atoms with E-state index in [0.29, 0.717) is 33.7 Å². The fourth-order valence-electron chi connectivity index (χ4n) is 4.51. The van der Waals surface area contributed by atoms with Crippen molar-refractivity contribution in [2.45, 2.75) is 57.7 Å². The molecule has 0 radical (unpaired) electrons. The lowest BCUT2D eigenvalue weighted by Crippen LogP contribution is -2.61. The number of hydrogen-bond acceptors (Lipinski definition) is 6. The molecule has 0 saturated carbocycles. The van der Waals surface area contributed by atoms with Crippen LogP contribution in [0.4, 0.5) is 0 Å². The number of fused-ring (bicyclic) bond motifs is 1. The third-order valence-corrected chi connectivity index (χ3v) is 5.84. The highest BCUT2D eigenvalue weighted by Gasteiger charge is 2.39. The summed E-state index contributed by atoms with van der Waals surface area (Å²) >= 11 is 6.03. The molecule has 1 saturated heterocycles. The van der Waals surface area contributed by atoms with Crippen LogP contribution in [0, 0.1) is 0 Å². The zero-order chi connectivity index (χ0) is 22.3. The van der Waals surface area contributed by atoms with E-state index in [1.807, 2.05) is 7.05 Å². The molecule has 1 aliphatic rings. The van der Waals surface area contributed by atoms with Gasteiger partial charge >= 0.3 is 0 Å². The molecule has 2 aromatic rings. The molecule has 1 fully saturated rings. The molecule has 1 aliphatic heterocycles. The van der Waals surface area contributed by atoms with E-state index in [2.05, 4.69) is 42.9 Å². The number of phenols is 1. The number of piperidine rings is 1. The van der Waals surface area contributed by atoms with Crippen molar-refractivity contribution in [3.63, 3.8) is 0 Å². The van der Waals surface area contributed by atoms with E-state index in [4.69, 9.17) is 23.1 Å². The molecule has 2 heterocycles. The van der Waals surface area contributed by atoms with Crippen molar-refractivity contribution in [1.82, 2.24) is 15.2 Å². The average molecular weight is 430 g/mol. The number of nitrogens with one attached hydrogen (secondary N) is 1.